The molecule has 2 aromatic rings. The molecular weight excluding hydrogens is 544 g/mol. The Bertz CT molecular complexity index is 1260. The highest BCUT2D eigenvalue weighted by atomic mass is 16.3. The van der Waals surface area contributed by atoms with Crippen molar-refractivity contribution in [2.75, 3.05) is 32.7 Å². The minimum absolute atomic E-state index is 0.0402. The first-order valence-electron chi connectivity index (χ1n) is 15.9. The Kier molecular flexibility index (Phi) is 10.3. The summed E-state index contributed by atoms with van der Waals surface area (Å²) in [4.78, 5) is 56.7. The minimum Gasteiger partial charge on any atom is -0.508 e. The third-order valence-electron chi connectivity index (χ3n) is 9.28. The molecule has 2 heterocycles. The van der Waals surface area contributed by atoms with Crippen molar-refractivity contribution in [3.8, 4) is 5.75 Å². The largest absolute Gasteiger partial charge is 0.508 e. The molecule has 0 spiro atoms. The van der Waals surface area contributed by atoms with E-state index in [1.165, 1.54) is 19.3 Å². The highest BCUT2D eigenvalue weighted by Crippen LogP contribution is 2.27. The highest BCUT2D eigenvalue weighted by Gasteiger charge is 2.39. The summed E-state index contributed by atoms with van der Waals surface area (Å²) < 4.78 is 0. The smallest absolute Gasteiger partial charge is 0.312 e. The molecule has 43 heavy (non-hydrogen) atoms. The van der Waals surface area contributed by atoms with Crippen LogP contribution in [0.2, 0.25) is 0 Å². The molecule has 2 saturated heterocycles. The molecule has 2 atom stereocenters. The van der Waals surface area contributed by atoms with Crippen molar-refractivity contribution in [3.05, 3.63) is 65.7 Å². The van der Waals surface area contributed by atoms with Gasteiger partial charge in [0.1, 0.15) is 5.75 Å². The first-order valence-corrected chi connectivity index (χ1v) is 15.9. The summed E-state index contributed by atoms with van der Waals surface area (Å²) in [6.07, 6.45) is 9.32. The normalized spacial score (nSPS) is 21.8. The molecule has 3 fully saturated rings. The van der Waals surface area contributed by atoms with Gasteiger partial charge in [-0.1, -0.05) is 61.7 Å². The molecule has 3 aliphatic rings. The van der Waals surface area contributed by atoms with Crippen molar-refractivity contribution in [3.63, 3.8) is 0 Å². The average molecular weight is 589 g/mol. The molecule has 4 amide bonds. The Balaban J connectivity index is 1.18. The van der Waals surface area contributed by atoms with E-state index >= 15 is 0 Å². The van der Waals surface area contributed by atoms with Crippen LogP contribution in [0.4, 0.5) is 0 Å². The van der Waals surface area contributed by atoms with Gasteiger partial charge in [0.05, 0.1) is 6.04 Å². The molecule has 1 saturated carbocycles. The molecule has 9 nitrogen and oxygen atoms in total. The van der Waals surface area contributed by atoms with Crippen molar-refractivity contribution in [2.45, 2.75) is 76.3 Å². The molecule has 2 N–H and O–H groups in total. The lowest BCUT2D eigenvalue weighted by Crippen LogP contribution is -2.60. The molecule has 1 aliphatic carbocycles. The Morgan fingerprint density at radius 1 is 0.744 bits per heavy atom. The number of rotatable bonds is 12. The number of hydrogen-bond donors (Lipinski definition) is 2. The van der Waals surface area contributed by atoms with E-state index in [9.17, 15) is 24.3 Å². The van der Waals surface area contributed by atoms with Crippen molar-refractivity contribution < 1.29 is 24.3 Å². The SMILES string of the molecule is O=C1NC[C@H](CCCCN2C[C@H](Cc3ccc(O)cc3)N(CCc3ccccc3)C(=O)C2=O)N(CC2CCCCC2)C1=O. The van der Waals surface area contributed by atoms with Crippen LogP contribution in [0.1, 0.15) is 62.5 Å². The van der Waals surface area contributed by atoms with E-state index in [1.54, 1.807) is 26.8 Å². The molecule has 0 unspecified atom stereocenters. The zero-order chi connectivity index (χ0) is 30.2. The van der Waals surface area contributed by atoms with Crippen LogP contribution in [0.25, 0.3) is 0 Å². The van der Waals surface area contributed by atoms with Crippen molar-refractivity contribution in [1.29, 1.82) is 0 Å². The maximum atomic E-state index is 13.4. The van der Waals surface area contributed by atoms with Gasteiger partial charge in [0, 0.05) is 38.8 Å². The van der Waals surface area contributed by atoms with Gasteiger partial charge in [0.2, 0.25) is 0 Å². The third-order valence-corrected chi connectivity index (χ3v) is 9.28. The number of hydrogen-bond acceptors (Lipinski definition) is 5. The lowest BCUT2D eigenvalue weighted by molar-refractivity contribution is -0.159. The van der Waals surface area contributed by atoms with Crippen LogP contribution in [0.5, 0.6) is 5.75 Å². The number of nitrogens with one attached hydrogen (secondary N) is 1. The number of benzene rings is 2. The summed E-state index contributed by atoms with van der Waals surface area (Å²) in [5.41, 5.74) is 2.11. The van der Waals surface area contributed by atoms with E-state index in [1.807, 2.05) is 42.5 Å². The van der Waals surface area contributed by atoms with Crippen LogP contribution in [0, 0.1) is 5.92 Å². The predicted molar refractivity (Wildman–Crippen MR) is 163 cm³/mol. The second-order valence-corrected chi connectivity index (χ2v) is 12.3. The fourth-order valence-electron chi connectivity index (χ4n) is 6.82. The summed E-state index contributed by atoms with van der Waals surface area (Å²) in [5.74, 6) is -1.22. The van der Waals surface area contributed by atoms with Gasteiger partial charge in [0.25, 0.3) is 0 Å². The van der Waals surface area contributed by atoms with Gasteiger partial charge in [-0.2, -0.15) is 0 Å². The van der Waals surface area contributed by atoms with Crippen LogP contribution in [-0.4, -0.2) is 88.2 Å². The molecule has 2 aromatic carbocycles. The van der Waals surface area contributed by atoms with Crippen LogP contribution in [0.3, 0.4) is 0 Å². The number of phenols is 1. The predicted octanol–water partition coefficient (Wildman–Crippen LogP) is 3.29. The molecular formula is C34H44N4O5. The van der Waals surface area contributed by atoms with Crippen LogP contribution in [0.15, 0.2) is 54.6 Å². The maximum absolute atomic E-state index is 13.4. The van der Waals surface area contributed by atoms with Gasteiger partial charge in [-0.15, -0.1) is 0 Å². The lowest BCUT2D eigenvalue weighted by Gasteiger charge is -2.41. The number of nitrogens with zero attached hydrogens (tertiary/aromatic N) is 3. The first-order chi connectivity index (χ1) is 20.9. The van der Waals surface area contributed by atoms with Gasteiger partial charge in [-0.3, -0.25) is 19.2 Å². The fourth-order valence-corrected chi connectivity index (χ4v) is 6.82. The maximum Gasteiger partial charge on any atom is 0.312 e. The Morgan fingerprint density at radius 3 is 2.23 bits per heavy atom. The zero-order valence-corrected chi connectivity index (χ0v) is 25.0. The number of phenolic OH excluding ortho intramolecular Hbond substituents is 1. The van der Waals surface area contributed by atoms with Gasteiger partial charge >= 0.3 is 23.6 Å². The van der Waals surface area contributed by atoms with Gasteiger partial charge in [0.15, 0.2) is 0 Å². The van der Waals surface area contributed by atoms with Gasteiger partial charge < -0.3 is 25.1 Å². The second-order valence-electron chi connectivity index (χ2n) is 12.3. The van der Waals surface area contributed by atoms with E-state index in [0.717, 1.165) is 36.8 Å². The molecule has 0 aromatic heterocycles. The number of amides is 4. The van der Waals surface area contributed by atoms with Gasteiger partial charge in [-0.25, -0.2) is 0 Å². The van der Waals surface area contributed by atoms with Crippen molar-refractivity contribution >= 4 is 23.6 Å². The Hall–Kier alpha value is -3.88. The number of carbonyl (C=O) groups is 4. The fraction of sp³-hybridized carbons (Fsp3) is 0.529. The van der Waals surface area contributed by atoms with Crippen LogP contribution >= 0.6 is 0 Å². The first kappa shape index (κ1) is 30.6. The molecule has 230 valence electrons. The van der Waals surface area contributed by atoms with Crippen molar-refractivity contribution in [1.82, 2.24) is 20.0 Å². The van der Waals surface area contributed by atoms with Crippen LogP contribution in [-0.2, 0) is 32.0 Å². The topological polar surface area (TPSA) is 110 Å². The van der Waals surface area contributed by atoms with E-state index in [-0.39, 0.29) is 17.8 Å². The highest BCUT2D eigenvalue weighted by molar-refractivity contribution is 6.36. The van der Waals surface area contributed by atoms with Crippen LogP contribution < -0.4 is 5.32 Å². The third kappa shape index (κ3) is 7.94. The Morgan fingerprint density at radius 2 is 1.49 bits per heavy atom. The number of carbonyl (C=O) groups excluding carboxylic acids is 4. The molecule has 9 heteroatoms. The second kappa shape index (κ2) is 14.5. The minimum atomic E-state index is -0.513. The zero-order valence-electron chi connectivity index (χ0n) is 25.0. The number of aromatic hydroxyl groups is 1. The van der Waals surface area contributed by atoms with E-state index in [0.29, 0.717) is 57.9 Å². The summed E-state index contributed by atoms with van der Waals surface area (Å²) in [7, 11) is 0. The van der Waals surface area contributed by atoms with E-state index in [2.05, 4.69) is 5.32 Å². The molecule has 0 bridgehead atoms. The standard InChI is InChI=1S/C34H44N4O5/c39-30-16-14-26(15-17-30)21-29-24-36(33(42)34(43)37(29)20-18-25-9-3-1-4-10-25)19-8-7-13-28-22-35-31(40)32(41)38(28)23-27-11-5-2-6-12-27/h1,3-4,9-10,14-17,27-29,39H,2,5-8,11-13,18-24H2,(H,35,40)/t28-,29-/m0/s1. The average Bonchev–Trinajstić information content (AvgIpc) is 3.02. The number of piperazine rings is 2. The summed E-state index contributed by atoms with van der Waals surface area (Å²) in [6.45, 7) is 2.49. The summed E-state index contributed by atoms with van der Waals surface area (Å²) in [6, 6.07) is 16.8. The molecule has 0 radical (unpaired) electrons. The van der Waals surface area contributed by atoms with E-state index in [4.69, 9.17) is 0 Å². The number of unbranched alkanes of at least 4 members (excludes halogenated alkanes) is 1. The summed E-state index contributed by atoms with van der Waals surface area (Å²) >= 11 is 0. The Labute approximate surface area is 254 Å². The van der Waals surface area contributed by atoms with Crippen molar-refractivity contribution in [2.24, 2.45) is 5.92 Å². The lowest BCUT2D eigenvalue weighted by atomic mass is 9.88. The summed E-state index contributed by atoms with van der Waals surface area (Å²) in [5, 5.41) is 12.5. The van der Waals surface area contributed by atoms with E-state index < -0.39 is 23.6 Å². The van der Waals surface area contributed by atoms with Gasteiger partial charge in [-0.05, 0) is 74.1 Å². The molecule has 2 aliphatic heterocycles. The molecule has 5 rings (SSSR count). The monoisotopic (exact) mass is 588 g/mol. The quantitative estimate of drug-likeness (QED) is 0.292.